The predicted octanol–water partition coefficient (Wildman–Crippen LogP) is 4.63. The molecule has 0 spiro atoms. The molecule has 3 aromatic heterocycles. The van der Waals surface area contributed by atoms with Crippen molar-refractivity contribution in [2.75, 3.05) is 19.6 Å². The molecule has 0 saturated heterocycles. The van der Waals surface area contributed by atoms with Gasteiger partial charge in [0.15, 0.2) is 0 Å². The number of hydrogen-bond donors (Lipinski definition) is 4. The second-order valence-corrected chi connectivity index (χ2v) is 9.69. The van der Waals surface area contributed by atoms with Gasteiger partial charge in [-0.05, 0) is 55.0 Å². The molecule has 0 bridgehead atoms. The third kappa shape index (κ3) is 7.61. The summed E-state index contributed by atoms with van der Waals surface area (Å²) in [5.41, 5.74) is 11.6. The first-order valence-corrected chi connectivity index (χ1v) is 13.3. The number of imidazole rings is 1. The molecule has 38 heavy (non-hydrogen) atoms. The minimum atomic E-state index is -0.369. The fraction of sp³-hybridized carbons (Fsp3) is 0.286. The van der Waals surface area contributed by atoms with Crippen molar-refractivity contribution in [1.29, 1.82) is 0 Å². The van der Waals surface area contributed by atoms with Crippen LogP contribution in [0.2, 0.25) is 10.0 Å². The molecule has 0 radical (unpaired) electrons. The summed E-state index contributed by atoms with van der Waals surface area (Å²) in [6.07, 6.45) is 11.7. The van der Waals surface area contributed by atoms with Crippen molar-refractivity contribution in [3.05, 3.63) is 99.3 Å². The molecular formula is C28H31Cl2N7O. The van der Waals surface area contributed by atoms with E-state index in [1.807, 2.05) is 42.6 Å². The Labute approximate surface area is 232 Å². The van der Waals surface area contributed by atoms with Crippen LogP contribution in [0.5, 0.6) is 0 Å². The summed E-state index contributed by atoms with van der Waals surface area (Å²) < 4.78 is 0. The number of rotatable bonds is 8. The van der Waals surface area contributed by atoms with E-state index in [4.69, 9.17) is 28.9 Å². The summed E-state index contributed by atoms with van der Waals surface area (Å²) >= 11 is 12.0. The number of aromatic nitrogens is 4. The number of amides is 1. The van der Waals surface area contributed by atoms with E-state index in [2.05, 4.69) is 36.6 Å². The van der Waals surface area contributed by atoms with E-state index in [0.29, 0.717) is 26.2 Å². The molecule has 1 aliphatic rings. The SMILES string of the molecule is NC/C(=C/CNCc1nc2ccccc2[nH]1)CNC(=O)c1c(Cl)cncc1Cl.c1cnc2c(c1)CCCC2. The van der Waals surface area contributed by atoms with Gasteiger partial charge in [0.05, 0.1) is 33.2 Å². The van der Waals surface area contributed by atoms with E-state index in [9.17, 15) is 4.79 Å². The van der Waals surface area contributed by atoms with Gasteiger partial charge in [0.25, 0.3) is 5.91 Å². The standard InChI is InChI=1S/C19H20Cl2N6O.C9H11N/c20-13-9-24-10-14(21)18(13)19(28)25-8-12(7-22)5-6-23-11-17-26-15-3-1-2-4-16(15)27-17;1-2-6-9-8(4-1)5-3-7-10-9/h1-5,9-10,23H,6-8,11,22H2,(H,25,28)(H,26,27);3,5,7H,1-2,4,6H2/b12-5-;. The van der Waals surface area contributed by atoms with Crippen LogP contribution in [0.25, 0.3) is 11.0 Å². The Balaban J connectivity index is 0.000000278. The molecule has 1 aliphatic carbocycles. The summed E-state index contributed by atoms with van der Waals surface area (Å²) in [7, 11) is 0. The monoisotopic (exact) mass is 551 g/mol. The Kier molecular flexibility index (Phi) is 10.2. The van der Waals surface area contributed by atoms with Gasteiger partial charge < -0.3 is 21.4 Å². The van der Waals surface area contributed by atoms with Gasteiger partial charge in [0, 0.05) is 43.9 Å². The Morgan fingerprint density at radius 2 is 1.87 bits per heavy atom. The molecule has 5 rings (SSSR count). The van der Waals surface area contributed by atoms with Crippen LogP contribution in [-0.2, 0) is 19.4 Å². The number of halogens is 2. The van der Waals surface area contributed by atoms with Crippen molar-refractivity contribution < 1.29 is 4.79 Å². The smallest absolute Gasteiger partial charge is 0.254 e. The van der Waals surface area contributed by atoms with Gasteiger partial charge in [-0.3, -0.25) is 14.8 Å². The molecule has 8 nitrogen and oxygen atoms in total. The number of para-hydroxylation sites is 2. The fourth-order valence-electron chi connectivity index (χ4n) is 4.17. The fourth-order valence-corrected chi connectivity index (χ4v) is 4.70. The van der Waals surface area contributed by atoms with Crippen molar-refractivity contribution in [3.8, 4) is 0 Å². The van der Waals surface area contributed by atoms with Crippen molar-refractivity contribution in [3.63, 3.8) is 0 Å². The molecule has 0 aliphatic heterocycles. The number of aromatic amines is 1. The summed E-state index contributed by atoms with van der Waals surface area (Å²) in [5, 5.41) is 6.46. The minimum Gasteiger partial charge on any atom is -0.348 e. The first-order valence-electron chi connectivity index (χ1n) is 12.6. The minimum absolute atomic E-state index is 0.204. The topological polar surface area (TPSA) is 122 Å². The molecule has 1 amide bonds. The highest BCUT2D eigenvalue weighted by Gasteiger charge is 2.15. The molecule has 198 valence electrons. The lowest BCUT2D eigenvalue weighted by molar-refractivity contribution is 0.0957. The van der Waals surface area contributed by atoms with E-state index in [1.165, 1.54) is 49.3 Å². The lowest BCUT2D eigenvalue weighted by Crippen LogP contribution is -2.29. The van der Waals surface area contributed by atoms with Crippen LogP contribution >= 0.6 is 23.2 Å². The second kappa shape index (κ2) is 14.0. The average molecular weight is 553 g/mol. The number of pyridine rings is 2. The van der Waals surface area contributed by atoms with Crippen LogP contribution in [0.4, 0.5) is 0 Å². The van der Waals surface area contributed by atoms with E-state index in [0.717, 1.165) is 22.4 Å². The van der Waals surface area contributed by atoms with Gasteiger partial charge in [-0.15, -0.1) is 0 Å². The third-order valence-corrected chi connectivity index (χ3v) is 6.75. The molecule has 0 unspecified atom stereocenters. The van der Waals surface area contributed by atoms with Crippen molar-refractivity contribution in [2.24, 2.45) is 5.73 Å². The quantitative estimate of drug-likeness (QED) is 0.187. The molecule has 4 aromatic rings. The largest absolute Gasteiger partial charge is 0.348 e. The van der Waals surface area contributed by atoms with Gasteiger partial charge in [0.2, 0.25) is 0 Å². The zero-order chi connectivity index (χ0) is 26.7. The maximum atomic E-state index is 12.3. The Bertz CT molecular complexity index is 1320. The van der Waals surface area contributed by atoms with Crippen LogP contribution in [0.1, 0.15) is 40.3 Å². The lowest BCUT2D eigenvalue weighted by Gasteiger charge is -2.12. The van der Waals surface area contributed by atoms with E-state index in [1.54, 1.807) is 0 Å². The molecule has 1 aromatic carbocycles. The number of H-pyrrole nitrogens is 1. The van der Waals surface area contributed by atoms with Gasteiger partial charge >= 0.3 is 0 Å². The first kappa shape index (κ1) is 27.7. The third-order valence-electron chi connectivity index (χ3n) is 6.18. The average Bonchev–Trinajstić information content (AvgIpc) is 3.36. The first-order chi connectivity index (χ1) is 18.5. The summed E-state index contributed by atoms with van der Waals surface area (Å²) in [6, 6.07) is 12.1. The van der Waals surface area contributed by atoms with Crippen LogP contribution < -0.4 is 16.4 Å². The number of carbonyl (C=O) groups excluding carboxylic acids is 1. The molecule has 0 fully saturated rings. The molecule has 0 saturated carbocycles. The number of fused-ring (bicyclic) bond motifs is 2. The number of carbonyl (C=O) groups is 1. The van der Waals surface area contributed by atoms with E-state index in [-0.39, 0.29) is 21.5 Å². The van der Waals surface area contributed by atoms with E-state index < -0.39 is 0 Å². The summed E-state index contributed by atoms with van der Waals surface area (Å²) in [5.74, 6) is 0.492. The Morgan fingerprint density at radius 1 is 1.08 bits per heavy atom. The van der Waals surface area contributed by atoms with Crippen molar-refractivity contribution in [2.45, 2.75) is 32.2 Å². The highest BCUT2D eigenvalue weighted by atomic mass is 35.5. The number of benzene rings is 1. The Morgan fingerprint density at radius 3 is 2.63 bits per heavy atom. The predicted molar refractivity (Wildman–Crippen MR) is 152 cm³/mol. The summed E-state index contributed by atoms with van der Waals surface area (Å²) in [4.78, 5) is 28.2. The highest BCUT2D eigenvalue weighted by Crippen LogP contribution is 2.22. The van der Waals surface area contributed by atoms with Gasteiger partial charge in [0.1, 0.15) is 5.82 Å². The molecule has 0 atom stereocenters. The van der Waals surface area contributed by atoms with Gasteiger partial charge in [-0.25, -0.2) is 4.98 Å². The van der Waals surface area contributed by atoms with Crippen molar-refractivity contribution in [1.82, 2.24) is 30.6 Å². The molecular weight excluding hydrogens is 521 g/mol. The number of hydrogen-bond acceptors (Lipinski definition) is 6. The number of nitrogens with two attached hydrogens (primary N) is 1. The maximum absolute atomic E-state index is 12.3. The number of nitrogens with zero attached hydrogens (tertiary/aromatic N) is 3. The lowest BCUT2D eigenvalue weighted by atomic mass is 9.96. The van der Waals surface area contributed by atoms with Gasteiger partial charge in [-0.2, -0.15) is 0 Å². The van der Waals surface area contributed by atoms with E-state index >= 15 is 0 Å². The zero-order valence-electron chi connectivity index (χ0n) is 21.0. The van der Waals surface area contributed by atoms with Crippen LogP contribution in [-0.4, -0.2) is 45.5 Å². The van der Waals surface area contributed by atoms with Crippen LogP contribution in [0.15, 0.2) is 66.6 Å². The Hall–Kier alpha value is -3.30. The number of aryl methyl sites for hydroxylation is 2. The number of nitrogens with one attached hydrogen (secondary N) is 3. The molecule has 3 heterocycles. The molecule has 5 N–H and O–H groups in total. The van der Waals surface area contributed by atoms with Crippen LogP contribution in [0, 0.1) is 0 Å². The van der Waals surface area contributed by atoms with Gasteiger partial charge in [-0.1, -0.05) is 47.5 Å². The van der Waals surface area contributed by atoms with Crippen LogP contribution in [0.3, 0.4) is 0 Å². The van der Waals surface area contributed by atoms with Crippen molar-refractivity contribution >= 4 is 40.1 Å². The second-order valence-electron chi connectivity index (χ2n) is 8.88. The normalized spacial score (nSPS) is 13.0. The zero-order valence-corrected chi connectivity index (χ0v) is 22.5. The maximum Gasteiger partial charge on any atom is 0.254 e. The molecule has 10 heteroatoms. The summed E-state index contributed by atoms with van der Waals surface area (Å²) in [6.45, 7) is 1.81. The highest BCUT2D eigenvalue weighted by molar-refractivity contribution is 6.39.